The molecule has 0 unspecified atom stereocenters. The van der Waals surface area contributed by atoms with Gasteiger partial charge in [0.2, 0.25) is 5.95 Å². The van der Waals surface area contributed by atoms with E-state index in [0.29, 0.717) is 31.0 Å². The maximum Gasteiger partial charge on any atom is 0.312 e. The zero-order valence-corrected chi connectivity index (χ0v) is 15.6. The van der Waals surface area contributed by atoms with Gasteiger partial charge in [-0.05, 0) is 25.0 Å². The van der Waals surface area contributed by atoms with Crippen LogP contribution in [0.1, 0.15) is 22.8 Å². The van der Waals surface area contributed by atoms with Gasteiger partial charge in [0.05, 0.1) is 17.6 Å². The second-order valence-corrected chi connectivity index (χ2v) is 7.27. The summed E-state index contributed by atoms with van der Waals surface area (Å²) in [4.78, 5) is 35.1. The first-order chi connectivity index (χ1) is 13.5. The van der Waals surface area contributed by atoms with Crippen molar-refractivity contribution in [3.63, 3.8) is 0 Å². The van der Waals surface area contributed by atoms with Crippen molar-refractivity contribution in [2.45, 2.75) is 13.3 Å². The molecule has 1 fully saturated rings. The van der Waals surface area contributed by atoms with Crippen LogP contribution in [0, 0.1) is 11.3 Å². The minimum Gasteiger partial charge on any atom is -0.493 e. The Balaban J connectivity index is 1.59. The molecule has 2 atom stereocenters. The van der Waals surface area contributed by atoms with Crippen LogP contribution in [0.5, 0.6) is 5.75 Å². The van der Waals surface area contributed by atoms with E-state index in [4.69, 9.17) is 4.74 Å². The van der Waals surface area contributed by atoms with E-state index in [2.05, 4.69) is 15.3 Å². The average molecular weight is 382 g/mol. The topological polar surface area (TPSA) is 105 Å². The molecule has 3 heterocycles. The van der Waals surface area contributed by atoms with Crippen molar-refractivity contribution in [3.8, 4) is 5.75 Å². The fourth-order valence-corrected chi connectivity index (χ4v) is 4.05. The largest absolute Gasteiger partial charge is 0.493 e. The Morgan fingerprint density at radius 1 is 1.32 bits per heavy atom. The summed E-state index contributed by atoms with van der Waals surface area (Å²) in [5, 5.41) is 13.1. The highest BCUT2D eigenvalue weighted by Crippen LogP contribution is 2.44. The molecule has 1 amide bonds. The summed E-state index contributed by atoms with van der Waals surface area (Å²) in [6.45, 7) is 3.35. The standard InChI is InChI=1S/C20H22N4O4/c1-2-21-19-22-8-14(9-23-19)17(25)24-10-15-11-28-16-6-4-3-5-13(16)7-20(15,12-24)18(26)27/h3-6,8-9,15H,2,7,10-12H2,1H3,(H,26,27)(H,21,22,23)/t15-,20+/m1/s1. The predicted octanol–water partition coefficient (Wildman–Crippen LogP) is 1.69. The van der Waals surface area contributed by atoms with E-state index in [1.54, 1.807) is 4.90 Å². The number of anilines is 1. The normalized spacial score (nSPS) is 23.2. The molecule has 1 saturated heterocycles. The Morgan fingerprint density at radius 2 is 2.07 bits per heavy atom. The predicted molar refractivity (Wildman–Crippen MR) is 101 cm³/mol. The molecule has 2 aliphatic heterocycles. The Labute approximate surface area is 162 Å². The lowest BCUT2D eigenvalue weighted by Crippen LogP contribution is -2.42. The van der Waals surface area contributed by atoms with Crippen molar-refractivity contribution >= 4 is 17.8 Å². The number of nitrogens with one attached hydrogen (secondary N) is 1. The van der Waals surface area contributed by atoms with Crippen LogP contribution in [-0.4, -0.2) is 58.1 Å². The number of ether oxygens (including phenoxy) is 1. The summed E-state index contributed by atoms with van der Waals surface area (Å²) in [6, 6.07) is 7.50. The summed E-state index contributed by atoms with van der Waals surface area (Å²) in [5.74, 6) is -0.263. The molecule has 0 aliphatic carbocycles. The molecule has 146 valence electrons. The summed E-state index contributed by atoms with van der Waals surface area (Å²) in [7, 11) is 0. The first kappa shape index (κ1) is 18.2. The number of aromatic nitrogens is 2. The highest BCUT2D eigenvalue weighted by atomic mass is 16.5. The number of carboxylic acids is 1. The maximum atomic E-state index is 12.9. The van der Waals surface area contributed by atoms with Crippen LogP contribution in [0.4, 0.5) is 5.95 Å². The van der Waals surface area contributed by atoms with E-state index >= 15 is 0 Å². The van der Waals surface area contributed by atoms with E-state index in [1.165, 1.54) is 12.4 Å². The summed E-state index contributed by atoms with van der Waals surface area (Å²) in [5.41, 5.74) is 0.146. The van der Waals surface area contributed by atoms with E-state index in [0.717, 1.165) is 11.3 Å². The highest BCUT2D eigenvalue weighted by molar-refractivity contribution is 5.94. The summed E-state index contributed by atoms with van der Waals surface area (Å²) >= 11 is 0. The van der Waals surface area contributed by atoms with E-state index in [-0.39, 0.29) is 25.0 Å². The lowest BCUT2D eigenvalue weighted by Gasteiger charge is -2.27. The molecule has 8 heteroatoms. The number of carbonyl (C=O) groups is 2. The molecule has 4 rings (SSSR count). The van der Waals surface area contributed by atoms with Gasteiger partial charge < -0.3 is 20.1 Å². The zero-order valence-electron chi connectivity index (χ0n) is 15.6. The van der Waals surface area contributed by atoms with Gasteiger partial charge in [-0.25, -0.2) is 9.97 Å². The number of fused-ring (bicyclic) bond motifs is 2. The minimum atomic E-state index is -1.06. The number of benzene rings is 1. The van der Waals surface area contributed by atoms with E-state index < -0.39 is 11.4 Å². The van der Waals surface area contributed by atoms with Crippen LogP contribution in [0.3, 0.4) is 0 Å². The fourth-order valence-electron chi connectivity index (χ4n) is 4.05. The van der Waals surface area contributed by atoms with Crippen molar-refractivity contribution in [1.29, 1.82) is 0 Å². The number of amides is 1. The third-order valence-electron chi connectivity index (χ3n) is 5.56. The van der Waals surface area contributed by atoms with Crippen molar-refractivity contribution in [2.24, 2.45) is 11.3 Å². The fraction of sp³-hybridized carbons (Fsp3) is 0.400. The van der Waals surface area contributed by atoms with Gasteiger partial charge in [0.15, 0.2) is 0 Å². The number of nitrogens with zero attached hydrogens (tertiary/aromatic N) is 3. The molecule has 28 heavy (non-hydrogen) atoms. The van der Waals surface area contributed by atoms with Gasteiger partial charge in [-0.2, -0.15) is 0 Å². The third kappa shape index (κ3) is 3.04. The molecule has 0 bridgehead atoms. The molecule has 0 spiro atoms. The van der Waals surface area contributed by atoms with Crippen LogP contribution in [0.25, 0.3) is 0 Å². The van der Waals surface area contributed by atoms with Crippen LogP contribution < -0.4 is 10.1 Å². The van der Waals surface area contributed by atoms with Gasteiger partial charge >= 0.3 is 5.97 Å². The molecule has 1 aromatic carbocycles. The number of hydrogen-bond acceptors (Lipinski definition) is 6. The second-order valence-electron chi connectivity index (χ2n) is 7.27. The lowest BCUT2D eigenvalue weighted by molar-refractivity contribution is -0.150. The molecule has 0 radical (unpaired) electrons. The zero-order chi connectivity index (χ0) is 19.7. The summed E-state index contributed by atoms with van der Waals surface area (Å²) < 4.78 is 5.88. The Kier molecular flexibility index (Phi) is 4.62. The first-order valence-electron chi connectivity index (χ1n) is 9.33. The summed E-state index contributed by atoms with van der Waals surface area (Å²) in [6.07, 6.45) is 3.28. The number of carboxylic acid groups (broad SMARTS) is 1. The number of aliphatic carboxylic acids is 1. The molecule has 1 aromatic heterocycles. The van der Waals surface area contributed by atoms with E-state index in [9.17, 15) is 14.7 Å². The van der Waals surface area contributed by atoms with E-state index in [1.807, 2.05) is 31.2 Å². The Bertz CT molecular complexity index is 901. The van der Waals surface area contributed by atoms with Crippen LogP contribution in [0.15, 0.2) is 36.7 Å². The molecular formula is C20H22N4O4. The van der Waals surface area contributed by atoms with Crippen molar-refractivity contribution in [1.82, 2.24) is 14.9 Å². The van der Waals surface area contributed by atoms with Gasteiger partial charge in [-0.15, -0.1) is 0 Å². The average Bonchev–Trinajstić information content (AvgIpc) is 2.99. The molecule has 0 saturated carbocycles. The van der Waals surface area contributed by atoms with Crippen LogP contribution in [0.2, 0.25) is 0 Å². The third-order valence-corrected chi connectivity index (χ3v) is 5.56. The quantitative estimate of drug-likeness (QED) is 0.829. The molecule has 2 N–H and O–H groups in total. The first-order valence-corrected chi connectivity index (χ1v) is 9.33. The second kappa shape index (κ2) is 7.10. The number of likely N-dealkylation sites (tertiary alicyclic amines) is 1. The van der Waals surface area contributed by atoms with Crippen LogP contribution >= 0.6 is 0 Å². The number of para-hydroxylation sites is 1. The van der Waals surface area contributed by atoms with Gasteiger partial charge in [-0.1, -0.05) is 18.2 Å². The van der Waals surface area contributed by atoms with Gasteiger partial charge in [0, 0.05) is 37.9 Å². The SMILES string of the molecule is CCNc1ncc(C(=O)N2C[C@@H]3COc4ccccc4C[C@]3(C(=O)O)C2)cn1. The lowest BCUT2D eigenvalue weighted by atomic mass is 9.74. The monoisotopic (exact) mass is 382 g/mol. The van der Waals surface area contributed by atoms with Crippen LogP contribution in [-0.2, 0) is 11.2 Å². The number of carbonyl (C=O) groups excluding carboxylic acids is 1. The van der Waals surface area contributed by atoms with Crippen molar-refractivity contribution < 1.29 is 19.4 Å². The van der Waals surface area contributed by atoms with Gasteiger partial charge in [0.1, 0.15) is 5.75 Å². The molecule has 2 aromatic rings. The maximum absolute atomic E-state index is 12.9. The highest BCUT2D eigenvalue weighted by Gasteiger charge is 2.55. The minimum absolute atomic E-state index is 0.137. The smallest absolute Gasteiger partial charge is 0.312 e. The Morgan fingerprint density at radius 3 is 2.79 bits per heavy atom. The van der Waals surface area contributed by atoms with Crippen molar-refractivity contribution in [2.75, 3.05) is 31.6 Å². The number of rotatable bonds is 4. The van der Waals surface area contributed by atoms with Gasteiger partial charge in [0.25, 0.3) is 5.91 Å². The molecule has 2 aliphatic rings. The molecular weight excluding hydrogens is 360 g/mol. The van der Waals surface area contributed by atoms with Gasteiger partial charge in [-0.3, -0.25) is 9.59 Å². The Hall–Kier alpha value is -3.16. The number of hydrogen-bond donors (Lipinski definition) is 2. The van der Waals surface area contributed by atoms with Crippen molar-refractivity contribution in [3.05, 3.63) is 47.8 Å². The molecule has 8 nitrogen and oxygen atoms in total.